The molecule has 3 aromatic rings. The molecule has 0 saturated carbocycles. The predicted octanol–water partition coefficient (Wildman–Crippen LogP) is 4.13. The fourth-order valence-corrected chi connectivity index (χ4v) is 5.14. The van der Waals surface area contributed by atoms with Crippen LogP contribution in [0.3, 0.4) is 0 Å². The summed E-state index contributed by atoms with van der Waals surface area (Å²) in [5, 5.41) is 16.7. The van der Waals surface area contributed by atoms with Crippen molar-refractivity contribution in [2.45, 2.75) is 38.1 Å². The van der Waals surface area contributed by atoms with Gasteiger partial charge in [-0.1, -0.05) is 23.7 Å². The number of piperidine rings is 1. The summed E-state index contributed by atoms with van der Waals surface area (Å²) < 4.78 is 49.7. The molecule has 1 fully saturated rings. The summed E-state index contributed by atoms with van der Waals surface area (Å²) in [6.07, 6.45) is -1.56. The third-order valence-corrected chi connectivity index (χ3v) is 7.33. The quantitative estimate of drug-likeness (QED) is 0.411. The molecule has 0 bridgehead atoms. The second-order valence-corrected chi connectivity index (χ2v) is 10.0. The summed E-state index contributed by atoms with van der Waals surface area (Å²) >= 11 is 6.04. The van der Waals surface area contributed by atoms with E-state index in [1.165, 1.54) is 40.8 Å². The third-order valence-electron chi connectivity index (χ3n) is 7.14. The number of nitrogens with one attached hydrogen (secondary N) is 1. The molecule has 0 spiro atoms. The number of aliphatic hydroxyl groups is 1. The molecule has 216 valence electrons. The van der Waals surface area contributed by atoms with Gasteiger partial charge in [0.2, 0.25) is 11.8 Å². The summed E-state index contributed by atoms with van der Waals surface area (Å²) in [4.78, 5) is 31.2. The lowest BCUT2D eigenvalue weighted by molar-refractivity contribution is -0.191. The summed E-state index contributed by atoms with van der Waals surface area (Å²) in [5.74, 6) is -1.76. The van der Waals surface area contributed by atoms with Gasteiger partial charge >= 0.3 is 6.18 Å². The van der Waals surface area contributed by atoms with Crippen LogP contribution in [0.2, 0.25) is 5.15 Å². The van der Waals surface area contributed by atoms with Crippen molar-refractivity contribution in [3.8, 4) is 0 Å². The lowest BCUT2D eigenvalue weighted by Gasteiger charge is -2.36. The SMILES string of the molecule is CO[C@@H](C)c1c(Nc2ccc([C@H](N(C)C(=O)C3CCN(C(=O)CO)CC3)C(F)(F)F)cc2)cnn2cc(Cl)nc12. The first-order valence-corrected chi connectivity index (χ1v) is 13.0. The van der Waals surface area contributed by atoms with Crippen molar-refractivity contribution in [1.29, 1.82) is 0 Å². The predicted molar refractivity (Wildman–Crippen MR) is 141 cm³/mol. The van der Waals surface area contributed by atoms with Crippen LogP contribution in [0.4, 0.5) is 24.5 Å². The lowest BCUT2D eigenvalue weighted by atomic mass is 9.93. The number of hydrogen-bond donors (Lipinski definition) is 2. The van der Waals surface area contributed by atoms with Crippen LogP contribution in [0.15, 0.2) is 36.7 Å². The largest absolute Gasteiger partial charge is 0.413 e. The molecule has 0 radical (unpaired) electrons. The molecule has 1 saturated heterocycles. The number of imidazole rings is 1. The number of benzene rings is 1. The van der Waals surface area contributed by atoms with Crippen molar-refractivity contribution in [3.63, 3.8) is 0 Å². The Morgan fingerprint density at radius 1 is 1.25 bits per heavy atom. The minimum Gasteiger partial charge on any atom is -0.387 e. The highest BCUT2D eigenvalue weighted by molar-refractivity contribution is 6.29. The van der Waals surface area contributed by atoms with E-state index in [0.29, 0.717) is 22.6 Å². The Balaban J connectivity index is 1.54. The maximum Gasteiger partial charge on any atom is 0.413 e. The average Bonchev–Trinajstić information content (AvgIpc) is 3.32. The van der Waals surface area contributed by atoms with E-state index in [9.17, 15) is 22.8 Å². The Labute approximate surface area is 233 Å². The Hall–Kier alpha value is -3.42. The number of halogens is 4. The van der Waals surface area contributed by atoms with Gasteiger partial charge in [-0.2, -0.15) is 18.3 Å². The fraction of sp³-hybridized carbons (Fsp3) is 0.462. The van der Waals surface area contributed by atoms with Crippen LogP contribution in [-0.4, -0.2) is 81.3 Å². The number of alkyl halides is 3. The normalized spacial score (nSPS) is 16.1. The van der Waals surface area contributed by atoms with E-state index in [4.69, 9.17) is 21.4 Å². The number of ether oxygens (including phenoxy) is 1. The van der Waals surface area contributed by atoms with E-state index in [-0.39, 0.29) is 36.6 Å². The summed E-state index contributed by atoms with van der Waals surface area (Å²) in [5.41, 5.74) is 2.08. The molecule has 2 N–H and O–H groups in total. The van der Waals surface area contributed by atoms with Crippen LogP contribution >= 0.6 is 11.6 Å². The van der Waals surface area contributed by atoms with Crippen molar-refractivity contribution in [1.82, 2.24) is 24.4 Å². The minimum atomic E-state index is -4.72. The molecular weight excluding hydrogens is 553 g/mol. The molecule has 40 heavy (non-hydrogen) atoms. The van der Waals surface area contributed by atoms with Crippen LogP contribution in [0.1, 0.15) is 43.0 Å². The maximum absolute atomic E-state index is 14.2. The van der Waals surface area contributed by atoms with Crippen LogP contribution in [0.5, 0.6) is 0 Å². The maximum atomic E-state index is 14.2. The van der Waals surface area contributed by atoms with Gasteiger partial charge in [-0.15, -0.1) is 0 Å². The van der Waals surface area contributed by atoms with Gasteiger partial charge < -0.3 is 25.0 Å². The van der Waals surface area contributed by atoms with E-state index in [2.05, 4.69) is 15.4 Å². The zero-order valence-electron chi connectivity index (χ0n) is 22.2. The first-order chi connectivity index (χ1) is 18.9. The number of carbonyl (C=O) groups excluding carboxylic acids is 2. The highest BCUT2D eigenvalue weighted by atomic mass is 35.5. The van der Waals surface area contributed by atoms with Crippen LogP contribution < -0.4 is 5.32 Å². The highest BCUT2D eigenvalue weighted by Crippen LogP contribution is 2.39. The standard InChI is InChI=1S/C26H30ClF3N6O4/c1-15(40-3)22-19(12-31-36-13-20(27)33-24(22)36)32-18-6-4-16(5-7-18)23(26(28,29)30)34(2)25(39)17-8-10-35(11-9-17)21(38)14-37/h4-7,12-13,15,17,23,32,37H,8-11,14H2,1-3H3/t15-,23-/m0/s1. The second-order valence-electron chi connectivity index (χ2n) is 9.64. The van der Waals surface area contributed by atoms with E-state index in [0.717, 1.165) is 11.9 Å². The van der Waals surface area contributed by atoms with Crippen LogP contribution in [-0.2, 0) is 14.3 Å². The second kappa shape index (κ2) is 12.0. The third kappa shape index (κ3) is 6.16. The van der Waals surface area contributed by atoms with Gasteiger partial charge in [-0.25, -0.2) is 9.50 Å². The number of amides is 2. The fourth-order valence-electron chi connectivity index (χ4n) is 4.97. The van der Waals surface area contributed by atoms with Crippen LogP contribution in [0, 0.1) is 5.92 Å². The minimum absolute atomic E-state index is 0.0964. The molecule has 0 unspecified atom stereocenters. The number of aliphatic hydroxyl groups excluding tert-OH is 1. The van der Waals surface area contributed by atoms with Crippen molar-refractivity contribution < 1.29 is 32.6 Å². The number of likely N-dealkylation sites (tertiary alicyclic amines) is 1. The first-order valence-electron chi connectivity index (χ1n) is 12.6. The molecule has 1 aliphatic rings. The van der Waals surface area contributed by atoms with Crippen LogP contribution in [0.25, 0.3) is 5.65 Å². The Morgan fingerprint density at radius 2 is 1.90 bits per heavy atom. The van der Waals surface area contributed by atoms with Gasteiger partial charge in [0, 0.05) is 38.9 Å². The van der Waals surface area contributed by atoms with Gasteiger partial charge in [0.25, 0.3) is 0 Å². The molecule has 2 atom stereocenters. The smallest absolute Gasteiger partial charge is 0.387 e. The highest BCUT2D eigenvalue weighted by Gasteiger charge is 2.46. The first kappa shape index (κ1) is 29.6. The number of rotatable bonds is 8. The van der Waals surface area contributed by atoms with Crippen molar-refractivity contribution >= 4 is 40.4 Å². The zero-order chi connectivity index (χ0) is 29.2. The van der Waals surface area contributed by atoms with E-state index in [1.54, 1.807) is 12.4 Å². The molecule has 10 nitrogen and oxygen atoms in total. The van der Waals surface area contributed by atoms with Crippen molar-refractivity contribution in [3.05, 3.63) is 52.9 Å². The molecule has 1 aliphatic heterocycles. The van der Waals surface area contributed by atoms with Crippen molar-refractivity contribution in [2.24, 2.45) is 5.92 Å². The lowest BCUT2D eigenvalue weighted by Crippen LogP contribution is -2.47. The van der Waals surface area contributed by atoms with Gasteiger partial charge in [0.1, 0.15) is 11.8 Å². The number of methoxy groups -OCH3 is 1. The van der Waals surface area contributed by atoms with Gasteiger partial charge in [-0.3, -0.25) is 9.59 Å². The van der Waals surface area contributed by atoms with Crippen molar-refractivity contribution in [2.75, 3.05) is 39.2 Å². The van der Waals surface area contributed by atoms with E-state index in [1.807, 2.05) is 6.92 Å². The number of anilines is 2. The summed E-state index contributed by atoms with van der Waals surface area (Å²) in [6.45, 7) is 1.59. The number of carbonyl (C=O) groups is 2. The molecular formula is C26H30ClF3N6O4. The van der Waals surface area contributed by atoms with E-state index < -0.39 is 42.7 Å². The summed E-state index contributed by atoms with van der Waals surface area (Å²) in [6, 6.07) is 3.49. The molecule has 3 heterocycles. The number of aromatic nitrogens is 3. The Morgan fingerprint density at radius 3 is 2.48 bits per heavy atom. The molecule has 14 heteroatoms. The topological polar surface area (TPSA) is 112 Å². The molecule has 1 aromatic carbocycles. The monoisotopic (exact) mass is 582 g/mol. The van der Waals surface area contributed by atoms with Gasteiger partial charge in [0.15, 0.2) is 11.7 Å². The number of fused-ring (bicyclic) bond motifs is 1. The zero-order valence-corrected chi connectivity index (χ0v) is 22.9. The van der Waals surface area contributed by atoms with Gasteiger partial charge in [0.05, 0.1) is 29.7 Å². The number of nitrogens with zero attached hydrogens (tertiary/aromatic N) is 5. The molecule has 4 rings (SSSR count). The molecule has 0 aliphatic carbocycles. The molecule has 2 aromatic heterocycles. The molecule has 2 amide bonds. The summed E-state index contributed by atoms with van der Waals surface area (Å²) in [7, 11) is 2.69. The Kier molecular flexibility index (Phi) is 8.86. The number of hydrogen-bond acceptors (Lipinski definition) is 7. The van der Waals surface area contributed by atoms with E-state index >= 15 is 0 Å². The van der Waals surface area contributed by atoms with Gasteiger partial charge in [-0.05, 0) is 37.5 Å². The average molecular weight is 583 g/mol. The Bertz CT molecular complexity index is 1360.